The van der Waals surface area contributed by atoms with Crippen LogP contribution < -0.4 is 9.47 Å². The molecule has 0 saturated heterocycles. The van der Waals surface area contributed by atoms with Crippen LogP contribution in [0.4, 0.5) is 5.69 Å². The molecule has 1 aromatic carbocycles. The van der Waals surface area contributed by atoms with Crippen molar-refractivity contribution in [3.8, 4) is 11.5 Å². The van der Waals surface area contributed by atoms with E-state index >= 15 is 0 Å². The largest absolute Gasteiger partial charge is 0.490 e. The maximum atomic E-state index is 11.2. The fraction of sp³-hybridized carbons (Fsp3) is 0.800. The highest BCUT2D eigenvalue weighted by atomic mass is 16.6. The van der Waals surface area contributed by atoms with E-state index in [0.717, 1.165) is 25.7 Å². The van der Waals surface area contributed by atoms with Gasteiger partial charge in [0.15, 0.2) is 11.5 Å². The van der Waals surface area contributed by atoms with Crippen molar-refractivity contribution in [1.82, 2.24) is 0 Å². The zero-order valence-corrected chi connectivity index (χ0v) is 22.9. The highest BCUT2D eigenvalue weighted by Crippen LogP contribution is 2.32. The highest BCUT2D eigenvalue weighted by molar-refractivity contribution is 5.48. The van der Waals surface area contributed by atoms with Crippen LogP contribution in [-0.4, -0.2) is 18.1 Å². The number of ether oxygens (including phenoxy) is 2. The number of nitro groups is 1. The van der Waals surface area contributed by atoms with Crippen molar-refractivity contribution in [3.05, 3.63) is 28.3 Å². The Kier molecular flexibility index (Phi) is 20.2. The average molecular weight is 492 g/mol. The van der Waals surface area contributed by atoms with E-state index in [-0.39, 0.29) is 10.6 Å². The number of hydrogen-bond acceptors (Lipinski definition) is 4. The van der Waals surface area contributed by atoms with Crippen molar-refractivity contribution in [2.24, 2.45) is 0 Å². The first-order chi connectivity index (χ1) is 17.2. The molecule has 0 N–H and O–H groups in total. The minimum Gasteiger partial charge on any atom is -0.490 e. The van der Waals surface area contributed by atoms with Gasteiger partial charge >= 0.3 is 0 Å². The second-order valence-corrected chi connectivity index (χ2v) is 9.95. The fourth-order valence-corrected chi connectivity index (χ4v) is 4.39. The summed E-state index contributed by atoms with van der Waals surface area (Å²) >= 11 is 0. The van der Waals surface area contributed by atoms with Crippen LogP contribution in [0.15, 0.2) is 18.2 Å². The Hall–Kier alpha value is -1.78. The third kappa shape index (κ3) is 17.3. The van der Waals surface area contributed by atoms with E-state index in [1.165, 1.54) is 115 Å². The summed E-state index contributed by atoms with van der Waals surface area (Å²) in [6.45, 7) is 5.71. The molecule has 202 valence electrons. The summed E-state index contributed by atoms with van der Waals surface area (Å²) in [6, 6.07) is 4.69. The summed E-state index contributed by atoms with van der Waals surface area (Å²) in [5.41, 5.74) is 0.0503. The molecule has 0 atom stereocenters. The lowest BCUT2D eigenvalue weighted by molar-refractivity contribution is -0.385. The molecule has 0 bridgehead atoms. The van der Waals surface area contributed by atoms with Gasteiger partial charge in [-0.3, -0.25) is 10.1 Å². The van der Waals surface area contributed by atoms with Crippen molar-refractivity contribution in [1.29, 1.82) is 0 Å². The molecule has 0 spiro atoms. The second kappa shape index (κ2) is 22.7. The Morgan fingerprint density at radius 2 is 0.943 bits per heavy atom. The number of unbranched alkanes of at least 4 members (excludes halogenated alkanes) is 18. The predicted molar refractivity (Wildman–Crippen MR) is 148 cm³/mol. The van der Waals surface area contributed by atoms with Crippen LogP contribution in [0, 0.1) is 10.1 Å². The summed E-state index contributed by atoms with van der Waals surface area (Å²) in [5, 5.41) is 11.2. The molecule has 0 radical (unpaired) electrons. The van der Waals surface area contributed by atoms with Crippen LogP contribution in [0.3, 0.4) is 0 Å². The highest BCUT2D eigenvalue weighted by Gasteiger charge is 2.13. The maximum Gasteiger partial charge on any atom is 0.273 e. The summed E-state index contributed by atoms with van der Waals surface area (Å²) < 4.78 is 11.9. The van der Waals surface area contributed by atoms with Crippen molar-refractivity contribution in [2.75, 3.05) is 13.2 Å². The van der Waals surface area contributed by atoms with Gasteiger partial charge in [-0.05, 0) is 18.9 Å². The third-order valence-electron chi connectivity index (χ3n) is 6.65. The van der Waals surface area contributed by atoms with Gasteiger partial charge in [-0.1, -0.05) is 129 Å². The Morgan fingerprint density at radius 3 is 1.34 bits per heavy atom. The zero-order valence-electron chi connectivity index (χ0n) is 22.9. The van der Waals surface area contributed by atoms with Crippen molar-refractivity contribution >= 4 is 5.69 Å². The van der Waals surface area contributed by atoms with Gasteiger partial charge in [0.2, 0.25) is 0 Å². The summed E-state index contributed by atoms with van der Waals surface area (Å²) in [4.78, 5) is 10.8. The Morgan fingerprint density at radius 1 is 0.571 bits per heavy atom. The first-order valence-corrected chi connectivity index (χ1v) is 14.7. The van der Waals surface area contributed by atoms with Crippen molar-refractivity contribution < 1.29 is 14.4 Å². The lowest BCUT2D eigenvalue weighted by Gasteiger charge is -2.13. The van der Waals surface area contributed by atoms with E-state index in [1.54, 1.807) is 6.07 Å². The Labute approximate surface area is 215 Å². The minimum atomic E-state index is -0.376. The third-order valence-corrected chi connectivity index (χ3v) is 6.65. The molecule has 0 aliphatic heterocycles. The van der Waals surface area contributed by atoms with Gasteiger partial charge in [0, 0.05) is 6.07 Å². The molecule has 0 aliphatic rings. The molecule has 0 heterocycles. The number of non-ortho nitro benzene ring substituents is 1. The zero-order chi connectivity index (χ0) is 25.4. The molecular weight excluding hydrogens is 438 g/mol. The summed E-state index contributed by atoms with van der Waals surface area (Å²) in [7, 11) is 0. The van der Waals surface area contributed by atoms with Crippen LogP contribution in [0.2, 0.25) is 0 Å². The molecule has 0 fully saturated rings. The SMILES string of the molecule is CCCCCCCCCCCCOc1ccc([N+](=O)[O-])cc1OCCCCCCCCCCCC. The number of hydrogen-bond donors (Lipinski definition) is 0. The number of benzene rings is 1. The van der Waals surface area contributed by atoms with Crippen LogP contribution in [0.5, 0.6) is 11.5 Å². The van der Waals surface area contributed by atoms with Crippen LogP contribution >= 0.6 is 0 Å². The van der Waals surface area contributed by atoms with Crippen LogP contribution in [0.25, 0.3) is 0 Å². The number of nitro benzene ring substituents is 1. The standard InChI is InChI=1S/C30H53NO4/c1-3-5-7-9-11-13-15-17-19-21-25-34-29-24-23-28(31(32)33)27-30(29)35-26-22-20-18-16-14-12-10-8-6-4-2/h23-24,27H,3-22,25-26H2,1-2H3. The van der Waals surface area contributed by atoms with E-state index < -0.39 is 0 Å². The van der Waals surface area contributed by atoms with Crippen LogP contribution in [-0.2, 0) is 0 Å². The Bertz CT molecular complexity index is 635. The molecule has 5 nitrogen and oxygen atoms in total. The minimum absolute atomic E-state index is 0.0503. The molecule has 0 saturated carbocycles. The van der Waals surface area contributed by atoms with E-state index in [2.05, 4.69) is 13.8 Å². The van der Waals surface area contributed by atoms with Crippen LogP contribution in [0.1, 0.15) is 142 Å². The smallest absolute Gasteiger partial charge is 0.273 e. The van der Waals surface area contributed by atoms with Gasteiger partial charge in [-0.25, -0.2) is 0 Å². The van der Waals surface area contributed by atoms with Gasteiger partial charge in [-0.2, -0.15) is 0 Å². The van der Waals surface area contributed by atoms with Gasteiger partial charge in [0.05, 0.1) is 24.2 Å². The normalized spacial score (nSPS) is 11.0. The lowest BCUT2D eigenvalue weighted by Crippen LogP contribution is -2.03. The molecule has 0 amide bonds. The monoisotopic (exact) mass is 491 g/mol. The molecular formula is C30H53NO4. The molecule has 0 unspecified atom stereocenters. The molecule has 5 heteroatoms. The average Bonchev–Trinajstić information content (AvgIpc) is 2.86. The number of rotatable bonds is 25. The second-order valence-electron chi connectivity index (χ2n) is 9.95. The van der Waals surface area contributed by atoms with Gasteiger partial charge in [0.1, 0.15) is 0 Å². The van der Waals surface area contributed by atoms with Gasteiger partial charge in [-0.15, -0.1) is 0 Å². The van der Waals surface area contributed by atoms with Gasteiger partial charge in [0.25, 0.3) is 5.69 Å². The Balaban J connectivity index is 2.21. The maximum absolute atomic E-state index is 11.2. The van der Waals surface area contributed by atoms with Crippen molar-refractivity contribution in [3.63, 3.8) is 0 Å². The van der Waals surface area contributed by atoms with E-state index in [9.17, 15) is 10.1 Å². The topological polar surface area (TPSA) is 61.6 Å². The van der Waals surface area contributed by atoms with Gasteiger partial charge < -0.3 is 9.47 Å². The summed E-state index contributed by atoms with van der Waals surface area (Å²) in [5.74, 6) is 1.13. The first-order valence-electron chi connectivity index (χ1n) is 14.7. The van der Waals surface area contributed by atoms with Crippen molar-refractivity contribution in [2.45, 2.75) is 142 Å². The lowest BCUT2D eigenvalue weighted by atomic mass is 10.1. The molecule has 35 heavy (non-hydrogen) atoms. The number of nitrogens with zero attached hydrogens (tertiary/aromatic N) is 1. The summed E-state index contributed by atoms with van der Waals surface area (Å²) in [6.07, 6.45) is 25.5. The molecule has 0 aromatic heterocycles. The molecule has 1 rings (SSSR count). The first kappa shape index (κ1) is 31.3. The fourth-order valence-electron chi connectivity index (χ4n) is 4.39. The molecule has 1 aromatic rings. The van der Waals surface area contributed by atoms with E-state index in [0.29, 0.717) is 24.7 Å². The van der Waals surface area contributed by atoms with E-state index in [1.807, 2.05) is 0 Å². The quantitative estimate of drug-likeness (QED) is 0.0775. The molecule has 0 aliphatic carbocycles. The van der Waals surface area contributed by atoms with E-state index in [4.69, 9.17) is 9.47 Å². The predicted octanol–water partition coefficient (Wildman–Crippen LogP) is 10.2.